The van der Waals surface area contributed by atoms with Gasteiger partial charge in [-0.3, -0.25) is 0 Å². The zero-order valence-electron chi connectivity index (χ0n) is 9.65. The van der Waals surface area contributed by atoms with Crippen LogP contribution in [0.3, 0.4) is 0 Å². The molecule has 1 fully saturated rings. The Bertz CT molecular complexity index is 668. The molecule has 0 spiro atoms. The topological polar surface area (TPSA) is 48.0 Å². The van der Waals surface area contributed by atoms with Gasteiger partial charge in [-0.2, -0.15) is 17.9 Å². The lowest BCUT2D eigenvalue weighted by Crippen LogP contribution is -2.14. The first kappa shape index (κ1) is 12.0. The van der Waals surface area contributed by atoms with Gasteiger partial charge in [0.05, 0.1) is 11.3 Å². The lowest BCUT2D eigenvalue weighted by atomic mass is 10.2. The Labute approximate surface area is 105 Å². The lowest BCUT2D eigenvalue weighted by molar-refractivity contribution is -0.137. The van der Waals surface area contributed by atoms with Crippen LogP contribution < -0.4 is 5.76 Å². The molecule has 1 aromatic heterocycles. The van der Waals surface area contributed by atoms with Crippen LogP contribution in [-0.4, -0.2) is 9.78 Å². The molecule has 1 heterocycles. The third kappa shape index (κ3) is 2.27. The SMILES string of the molecule is O=c1oc(C2CC2)nn1-c1cccc(C(F)(F)F)c1. The summed E-state index contributed by atoms with van der Waals surface area (Å²) in [5.74, 6) is -0.344. The molecule has 0 N–H and O–H groups in total. The van der Waals surface area contributed by atoms with E-state index in [1.807, 2.05) is 0 Å². The van der Waals surface area contributed by atoms with Crippen LogP contribution in [-0.2, 0) is 6.18 Å². The van der Waals surface area contributed by atoms with Crippen molar-refractivity contribution in [1.29, 1.82) is 0 Å². The molecular weight excluding hydrogens is 261 g/mol. The van der Waals surface area contributed by atoms with Gasteiger partial charge in [-0.1, -0.05) is 6.07 Å². The fourth-order valence-electron chi connectivity index (χ4n) is 1.76. The van der Waals surface area contributed by atoms with Crippen LogP contribution >= 0.6 is 0 Å². The molecule has 0 unspecified atom stereocenters. The molecule has 1 aliphatic carbocycles. The summed E-state index contributed by atoms with van der Waals surface area (Å²) in [6.07, 6.45) is -2.67. The van der Waals surface area contributed by atoms with Gasteiger partial charge in [0.25, 0.3) is 0 Å². The zero-order valence-corrected chi connectivity index (χ0v) is 9.65. The Balaban J connectivity index is 2.04. The van der Waals surface area contributed by atoms with Crippen LogP contribution in [0.15, 0.2) is 33.5 Å². The highest BCUT2D eigenvalue weighted by molar-refractivity contribution is 5.35. The molecule has 0 saturated heterocycles. The number of rotatable bonds is 2. The quantitative estimate of drug-likeness (QED) is 0.843. The maximum Gasteiger partial charge on any atom is 0.441 e. The molecule has 19 heavy (non-hydrogen) atoms. The first-order chi connectivity index (χ1) is 8.95. The van der Waals surface area contributed by atoms with Crippen LogP contribution in [0.4, 0.5) is 13.2 Å². The van der Waals surface area contributed by atoms with Crippen LogP contribution in [0.5, 0.6) is 0 Å². The Kier molecular flexibility index (Phi) is 2.51. The second-order valence-electron chi connectivity index (χ2n) is 4.44. The van der Waals surface area contributed by atoms with Gasteiger partial charge in [-0.25, -0.2) is 4.79 Å². The number of hydrogen-bond acceptors (Lipinski definition) is 3. The Morgan fingerprint density at radius 2 is 2.05 bits per heavy atom. The molecule has 3 rings (SSSR count). The average molecular weight is 270 g/mol. The molecule has 0 aliphatic heterocycles. The van der Waals surface area contributed by atoms with E-state index in [2.05, 4.69) is 5.10 Å². The molecule has 1 aliphatic rings. The standard InChI is InChI=1S/C12H9F3N2O2/c13-12(14,15)8-2-1-3-9(6-8)17-11(18)19-10(16-17)7-4-5-7/h1-3,6-7H,4-5H2. The Morgan fingerprint density at radius 1 is 1.32 bits per heavy atom. The van der Waals surface area contributed by atoms with Crippen molar-refractivity contribution in [3.8, 4) is 5.69 Å². The van der Waals surface area contributed by atoms with E-state index >= 15 is 0 Å². The molecule has 100 valence electrons. The molecule has 7 heteroatoms. The summed E-state index contributed by atoms with van der Waals surface area (Å²) in [4.78, 5) is 11.6. The van der Waals surface area contributed by atoms with Crippen molar-refractivity contribution in [3.05, 3.63) is 46.3 Å². The van der Waals surface area contributed by atoms with Gasteiger partial charge < -0.3 is 4.42 Å². The van der Waals surface area contributed by atoms with Gasteiger partial charge >= 0.3 is 11.9 Å². The molecule has 1 aromatic carbocycles. The van der Waals surface area contributed by atoms with Crippen LogP contribution in [0.1, 0.15) is 30.2 Å². The monoisotopic (exact) mass is 270 g/mol. The summed E-state index contributed by atoms with van der Waals surface area (Å²) >= 11 is 0. The van der Waals surface area contributed by atoms with E-state index in [0.717, 1.165) is 29.7 Å². The van der Waals surface area contributed by atoms with Crippen molar-refractivity contribution in [2.75, 3.05) is 0 Å². The zero-order chi connectivity index (χ0) is 13.6. The third-order valence-corrected chi connectivity index (χ3v) is 2.91. The molecule has 2 aromatic rings. The van der Waals surface area contributed by atoms with E-state index < -0.39 is 17.5 Å². The molecule has 4 nitrogen and oxygen atoms in total. The molecule has 0 radical (unpaired) electrons. The van der Waals surface area contributed by atoms with E-state index in [9.17, 15) is 18.0 Å². The number of alkyl halides is 3. The van der Waals surface area contributed by atoms with Crippen molar-refractivity contribution in [3.63, 3.8) is 0 Å². The number of benzene rings is 1. The Hall–Kier alpha value is -2.05. The van der Waals surface area contributed by atoms with Crippen molar-refractivity contribution in [2.45, 2.75) is 24.9 Å². The van der Waals surface area contributed by atoms with E-state index in [1.165, 1.54) is 12.1 Å². The molecule has 0 amide bonds. The highest BCUT2D eigenvalue weighted by atomic mass is 19.4. The fourth-order valence-corrected chi connectivity index (χ4v) is 1.76. The van der Waals surface area contributed by atoms with Crippen molar-refractivity contribution in [1.82, 2.24) is 9.78 Å². The van der Waals surface area contributed by atoms with Crippen LogP contribution in [0.25, 0.3) is 5.69 Å². The first-order valence-corrected chi connectivity index (χ1v) is 5.73. The summed E-state index contributed by atoms with van der Waals surface area (Å²) in [7, 11) is 0. The molecule has 0 bridgehead atoms. The van der Waals surface area contributed by atoms with E-state index in [0.29, 0.717) is 5.89 Å². The van der Waals surface area contributed by atoms with E-state index in [1.54, 1.807) is 0 Å². The highest BCUT2D eigenvalue weighted by Crippen LogP contribution is 2.38. The number of aromatic nitrogens is 2. The summed E-state index contributed by atoms with van der Waals surface area (Å²) in [5, 5.41) is 3.94. The lowest BCUT2D eigenvalue weighted by Gasteiger charge is -2.07. The van der Waals surface area contributed by atoms with Gasteiger partial charge in [0, 0.05) is 5.92 Å². The third-order valence-electron chi connectivity index (χ3n) is 2.91. The van der Waals surface area contributed by atoms with Gasteiger partial charge in [0.1, 0.15) is 0 Å². The van der Waals surface area contributed by atoms with Gasteiger partial charge in [-0.15, -0.1) is 5.10 Å². The van der Waals surface area contributed by atoms with Crippen molar-refractivity contribution >= 4 is 0 Å². The first-order valence-electron chi connectivity index (χ1n) is 5.73. The maximum atomic E-state index is 12.6. The average Bonchev–Trinajstić information content (AvgIpc) is 3.12. The minimum absolute atomic E-state index is 0.0514. The number of halogens is 3. The summed E-state index contributed by atoms with van der Waals surface area (Å²) in [6, 6.07) is 4.43. The largest absolute Gasteiger partial charge is 0.441 e. The summed E-state index contributed by atoms with van der Waals surface area (Å²) in [6.45, 7) is 0. The molecule has 1 saturated carbocycles. The minimum atomic E-state index is -4.46. The van der Waals surface area contributed by atoms with Crippen molar-refractivity contribution < 1.29 is 17.6 Å². The maximum absolute atomic E-state index is 12.6. The summed E-state index contributed by atoms with van der Waals surface area (Å²) < 4.78 is 43.6. The van der Waals surface area contributed by atoms with Crippen LogP contribution in [0.2, 0.25) is 0 Å². The fraction of sp³-hybridized carbons (Fsp3) is 0.333. The number of nitrogens with zero attached hydrogens (tertiary/aromatic N) is 2. The van der Waals surface area contributed by atoms with Crippen LogP contribution in [0, 0.1) is 0 Å². The van der Waals surface area contributed by atoms with Gasteiger partial charge in [0.2, 0.25) is 5.89 Å². The predicted octanol–water partition coefficient (Wildman–Crippen LogP) is 2.72. The predicted molar refractivity (Wildman–Crippen MR) is 59.1 cm³/mol. The van der Waals surface area contributed by atoms with Crippen molar-refractivity contribution in [2.24, 2.45) is 0 Å². The highest BCUT2D eigenvalue weighted by Gasteiger charge is 2.32. The molecule has 0 atom stereocenters. The van der Waals surface area contributed by atoms with E-state index in [-0.39, 0.29) is 11.6 Å². The van der Waals surface area contributed by atoms with Gasteiger partial charge in [0.15, 0.2) is 0 Å². The normalized spacial score (nSPS) is 15.7. The summed E-state index contributed by atoms with van der Waals surface area (Å²) in [5.41, 5.74) is -0.775. The van der Waals surface area contributed by atoms with E-state index in [4.69, 9.17) is 4.42 Å². The second kappa shape index (κ2) is 3.97. The molecular formula is C12H9F3N2O2. The smallest absolute Gasteiger partial charge is 0.392 e. The minimum Gasteiger partial charge on any atom is -0.392 e. The second-order valence-corrected chi connectivity index (χ2v) is 4.44. The number of hydrogen-bond donors (Lipinski definition) is 0. The Morgan fingerprint density at radius 3 is 2.68 bits per heavy atom. The van der Waals surface area contributed by atoms with Gasteiger partial charge in [-0.05, 0) is 31.0 Å².